The molecule has 3 heterocycles. The summed E-state index contributed by atoms with van der Waals surface area (Å²) in [6.45, 7) is 4.89. The first-order valence-corrected chi connectivity index (χ1v) is 14.0. The Balaban J connectivity index is 1.34. The van der Waals surface area contributed by atoms with Gasteiger partial charge in [-0.1, -0.05) is 11.6 Å². The minimum Gasteiger partial charge on any atom is -0.351 e. The number of fused-ring (bicyclic) bond motifs is 2. The summed E-state index contributed by atoms with van der Waals surface area (Å²) in [5, 5.41) is 11.5. The van der Waals surface area contributed by atoms with E-state index in [0.29, 0.717) is 41.5 Å². The third kappa shape index (κ3) is 5.57. The van der Waals surface area contributed by atoms with Gasteiger partial charge in [0.25, 0.3) is 11.8 Å². The van der Waals surface area contributed by atoms with E-state index in [0.717, 1.165) is 27.9 Å². The molecule has 1 fully saturated rings. The van der Waals surface area contributed by atoms with Crippen LogP contribution in [0.15, 0.2) is 24.3 Å². The monoisotopic (exact) mass is 556 g/mol. The smallest absolute Gasteiger partial charge is 0.280 e. The van der Waals surface area contributed by atoms with Crippen LogP contribution in [-0.4, -0.2) is 64.3 Å². The number of amides is 3. The van der Waals surface area contributed by atoms with E-state index in [-0.39, 0.29) is 35.2 Å². The molecule has 3 aromatic rings. The Hall–Kier alpha value is -2.95. The van der Waals surface area contributed by atoms with Crippen molar-refractivity contribution in [2.45, 2.75) is 63.7 Å². The number of aromatic amines is 1. The van der Waals surface area contributed by atoms with E-state index in [2.05, 4.69) is 39.8 Å². The van der Waals surface area contributed by atoms with Crippen molar-refractivity contribution in [3.63, 3.8) is 0 Å². The van der Waals surface area contributed by atoms with Gasteiger partial charge in [-0.05, 0) is 57.4 Å². The van der Waals surface area contributed by atoms with Crippen molar-refractivity contribution in [2.75, 3.05) is 14.1 Å². The number of nitrogens with one attached hydrogen (secondary N) is 4. The van der Waals surface area contributed by atoms with Crippen LogP contribution in [0.1, 0.15) is 64.0 Å². The maximum atomic E-state index is 13.3. The average molecular weight is 557 g/mol. The van der Waals surface area contributed by atoms with Crippen molar-refractivity contribution < 1.29 is 14.4 Å². The molecule has 0 spiro atoms. The highest BCUT2D eigenvalue weighted by Crippen LogP contribution is 2.30. The molecule has 1 saturated carbocycles. The molecular formula is C27H33ClN6O3S. The molecule has 3 amide bonds. The second-order valence-electron chi connectivity index (χ2n) is 11.1. The summed E-state index contributed by atoms with van der Waals surface area (Å²) in [7, 11) is 3.48. The topological polar surface area (TPSA) is 119 Å². The summed E-state index contributed by atoms with van der Waals surface area (Å²) < 4.78 is 0. The molecule has 1 aliphatic carbocycles. The predicted molar refractivity (Wildman–Crippen MR) is 149 cm³/mol. The van der Waals surface area contributed by atoms with Gasteiger partial charge in [-0.15, -0.1) is 11.3 Å². The number of hydrogen-bond donors (Lipinski definition) is 4. The van der Waals surface area contributed by atoms with Gasteiger partial charge in [-0.25, -0.2) is 4.98 Å². The summed E-state index contributed by atoms with van der Waals surface area (Å²) in [5.74, 6) is -0.741. The van der Waals surface area contributed by atoms with Gasteiger partial charge >= 0.3 is 0 Å². The molecule has 5 rings (SSSR count). The van der Waals surface area contributed by atoms with Crippen LogP contribution < -0.4 is 16.0 Å². The molecule has 1 aliphatic heterocycles. The normalized spacial score (nSPS) is 22.5. The van der Waals surface area contributed by atoms with E-state index in [1.807, 2.05) is 6.07 Å². The third-order valence-corrected chi connectivity index (χ3v) is 8.74. The van der Waals surface area contributed by atoms with E-state index >= 15 is 0 Å². The number of H-pyrrole nitrogens is 1. The Morgan fingerprint density at radius 1 is 1.11 bits per heavy atom. The van der Waals surface area contributed by atoms with Crippen LogP contribution in [0.3, 0.4) is 0 Å². The van der Waals surface area contributed by atoms with Crippen molar-refractivity contribution in [1.82, 2.24) is 30.8 Å². The summed E-state index contributed by atoms with van der Waals surface area (Å²) in [4.78, 5) is 49.7. The summed E-state index contributed by atoms with van der Waals surface area (Å²) in [5.41, 5.74) is 2.10. The maximum absolute atomic E-state index is 13.3. The van der Waals surface area contributed by atoms with Gasteiger partial charge < -0.3 is 25.8 Å². The van der Waals surface area contributed by atoms with E-state index in [1.165, 1.54) is 11.3 Å². The van der Waals surface area contributed by atoms with Crippen molar-refractivity contribution in [3.05, 3.63) is 50.6 Å². The second kappa shape index (κ2) is 10.3. The van der Waals surface area contributed by atoms with Gasteiger partial charge in [0.2, 0.25) is 5.91 Å². The lowest BCUT2D eigenvalue weighted by Gasteiger charge is -2.37. The highest BCUT2D eigenvalue weighted by molar-refractivity contribution is 7.13. The third-order valence-electron chi connectivity index (χ3n) is 7.41. The van der Waals surface area contributed by atoms with E-state index < -0.39 is 6.04 Å². The Kier molecular flexibility index (Phi) is 7.23. The molecule has 2 aliphatic rings. The van der Waals surface area contributed by atoms with E-state index in [1.54, 1.807) is 37.2 Å². The molecule has 2 aromatic heterocycles. The molecule has 3 atom stereocenters. The Bertz CT molecular complexity index is 1400. The molecule has 11 heteroatoms. The number of aromatic nitrogens is 2. The standard InChI is InChI=1S/C27H33ClN6O3S/c1-27(2)12-22-21(13-29-27)33-25(38-22)24(36)32-19-10-14(26(37)34(3)4)5-7-18(19)31-23(35)20-11-15-9-16(28)6-8-17(15)30-20/h6,8-9,11,14,18-19,29-30H,5,7,10,12-13H2,1-4H3,(H,31,35)(H,32,36)/t14-,18-,19+/m0/s1. The molecule has 0 unspecified atom stereocenters. The maximum Gasteiger partial charge on any atom is 0.280 e. The van der Waals surface area contributed by atoms with E-state index in [9.17, 15) is 14.4 Å². The zero-order valence-corrected chi connectivity index (χ0v) is 23.6. The molecule has 0 saturated heterocycles. The Morgan fingerprint density at radius 3 is 2.63 bits per heavy atom. The van der Waals surface area contributed by atoms with Crippen LogP contribution in [0.25, 0.3) is 10.9 Å². The number of rotatable bonds is 5. The predicted octanol–water partition coefficient (Wildman–Crippen LogP) is 3.49. The van der Waals surface area contributed by atoms with Gasteiger partial charge in [-0.3, -0.25) is 14.4 Å². The molecule has 1 aromatic carbocycles. The lowest BCUT2D eigenvalue weighted by atomic mass is 9.81. The number of thiazole rings is 1. The minimum absolute atomic E-state index is 0.0274. The number of hydrogen-bond acceptors (Lipinski definition) is 6. The number of nitrogens with zero attached hydrogens (tertiary/aromatic N) is 2. The summed E-state index contributed by atoms with van der Waals surface area (Å²) in [6, 6.07) is 6.42. The Morgan fingerprint density at radius 2 is 1.87 bits per heavy atom. The van der Waals surface area contributed by atoms with Crippen LogP contribution in [0, 0.1) is 5.92 Å². The van der Waals surface area contributed by atoms with Crippen LogP contribution in [0.2, 0.25) is 5.02 Å². The largest absolute Gasteiger partial charge is 0.351 e. The van der Waals surface area contributed by atoms with Crippen molar-refractivity contribution >= 4 is 51.6 Å². The highest BCUT2D eigenvalue weighted by atomic mass is 35.5. The van der Waals surface area contributed by atoms with Gasteiger partial charge in [0, 0.05) is 65.4 Å². The Labute approximate surface area is 230 Å². The van der Waals surface area contributed by atoms with Crippen molar-refractivity contribution in [3.8, 4) is 0 Å². The number of halogens is 1. The minimum atomic E-state index is -0.414. The fourth-order valence-corrected chi connectivity index (χ4v) is 6.73. The van der Waals surface area contributed by atoms with Gasteiger partial charge in [0.05, 0.1) is 11.7 Å². The molecule has 0 radical (unpaired) electrons. The first-order chi connectivity index (χ1) is 18.0. The molecular weight excluding hydrogens is 524 g/mol. The van der Waals surface area contributed by atoms with Crippen molar-refractivity contribution in [2.24, 2.45) is 5.92 Å². The number of carbonyl (C=O) groups is 3. The van der Waals surface area contributed by atoms with Gasteiger partial charge in [0.15, 0.2) is 5.01 Å². The average Bonchev–Trinajstić information content (AvgIpc) is 3.47. The lowest BCUT2D eigenvalue weighted by Crippen LogP contribution is -2.56. The summed E-state index contributed by atoms with van der Waals surface area (Å²) in [6.07, 6.45) is 2.45. The SMILES string of the molecule is CN(C)C(=O)[C@H]1CC[C@H](NC(=O)c2cc3cc(Cl)ccc3[nH]2)[C@H](NC(=O)c2nc3c(s2)CC(C)(C)NC3)C1. The second-order valence-corrected chi connectivity index (χ2v) is 12.6. The molecule has 4 N–H and O–H groups in total. The van der Waals surface area contributed by atoms with Gasteiger partial charge in [-0.2, -0.15) is 0 Å². The van der Waals surface area contributed by atoms with Crippen molar-refractivity contribution in [1.29, 1.82) is 0 Å². The first-order valence-electron chi connectivity index (χ1n) is 12.8. The number of benzene rings is 1. The van der Waals surface area contributed by atoms with Gasteiger partial charge in [0.1, 0.15) is 5.69 Å². The highest BCUT2D eigenvalue weighted by Gasteiger charge is 2.37. The molecule has 0 bridgehead atoms. The molecule has 202 valence electrons. The van der Waals surface area contributed by atoms with Crippen LogP contribution in [0.5, 0.6) is 0 Å². The quantitative estimate of drug-likeness (QED) is 0.383. The van der Waals surface area contributed by atoms with Crippen LogP contribution in [-0.2, 0) is 17.8 Å². The van der Waals surface area contributed by atoms with Crippen LogP contribution in [0.4, 0.5) is 0 Å². The zero-order chi connectivity index (χ0) is 27.2. The first kappa shape index (κ1) is 26.6. The summed E-state index contributed by atoms with van der Waals surface area (Å²) >= 11 is 7.52. The number of carbonyl (C=O) groups excluding carboxylic acids is 3. The van der Waals surface area contributed by atoms with E-state index in [4.69, 9.17) is 11.6 Å². The fraction of sp³-hybridized carbons (Fsp3) is 0.481. The zero-order valence-electron chi connectivity index (χ0n) is 22.0. The van der Waals surface area contributed by atoms with Crippen LogP contribution >= 0.6 is 22.9 Å². The molecule has 9 nitrogen and oxygen atoms in total. The fourth-order valence-electron chi connectivity index (χ4n) is 5.34. The molecule has 38 heavy (non-hydrogen) atoms. The lowest BCUT2D eigenvalue weighted by molar-refractivity contribution is -0.134.